The number of fused-ring (bicyclic) bond motifs is 2. The zero-order valence-electron chi connectivity index (χ0n) is 8.42. The van der Waals surface area contributed by atoms with E-state index in [1.165, 1.54) is 19.3 Å². The molecule has 2 bridgehead atoms. The van der Waals surface area contributed by atoms with Crippen LogP contribution in [-0.4, -0.2) is 12.2 Å². The van der Waals surface area contributed by atoms with E-state index in [0.29, 0.717) is 12.2 Å². The number of hydrogen-bond acceptors (Lipinski definition) is 1. The largest absolute Gasteiger partial charge is 0.374 e. The van der Waals surface area contributed by atoms with Crippen LogP contribution in [0.25, 0.3) is 0 Å². The van der Waals surface area contributed by atoms with Crippen molar-refractivity contribution in [1.29, 1.82) is 0 Å². The van der Waals surface area contributed by atoms with Crippen molar-refractivity contribution in [2.75, 3.05) is 0 Å². The molecule has 2 heterocycles. The van der Waals surface area contributed by atoms with Crippen LogP contribution in [0.5, 0.6) is 0 Å². The van der Waals surface area contributed by atoms with E-state index >= 15 is 0 Å². The molecule has 2 aliphatic rings. The summed E-state index contributed by atoms with van der Waals surface area (Å²) in [4.78, 5) is 0. The lowest BCUT2D eigenvalue weighted by molar-refractivity contribution is -0.0924. The second-order valence-corrected chi connectivity index (χ2v) is 4.58. The van der Waals surface area contributed by atoms with Gasteiger partial charge in [-0.3, -0.25) is 0 Å². The van der Waals surface area contributed by atoms with Crippen LogP contribution in [0, 0.1) is 17.8 Å². The van der Waals surface area contributed by atoms with Gasteiger partial charge >= 0.3 is 0 Å². The topological polar surface area (TPSA) is 9.23 Å². The molecular weight excluding hydrogens is 148 g/mol. The fourth-order valence-electron chi connectivity index (χ4n) is 3.24. The fourth-order valence-corrected chi connectivity index (χ4v) is 3.24. The van der Waals surface area contributed by atoms with Crippen LogP contribution < -0.4 is 0 Å². The van der Waals surface area contributed by atoms with E-state index in [1.807, 2.05) is 0 Å². The van der Waals surface area contributed by atoms with Crippen molar-refractivity contribution < 1.29 is 4.74 Å². The van der Waals surface area contributed by atoms with E-state index in [2.05, 4.69) is 20.8 Å². The van der Waals surface area contributed by atoms with Crippen molar-refractivity contribution in [3.8, 4) is 0 Å². The SMILES string of the molecule is CCC1[C@@H](C)[C@H]2CC[C@H](O2)[C@H]1C. The van der Waals surface area contributed by atoms with Crippen LogP contribution >= 0.6 is 0 Å². The molecule has 70 valence electrons. The third kappa shape index (κ3) is 1.10. The van der Waals surface area contributed by atoms with Crippen LogP contribution in [0.1, 0.15) is 40.0 Å². The van der Waals surface area contributed by atoms with E-state index in [4.69, 9.17) is 4.74 Å². The predicted molar refractivity (Wildman–Crippen MR) is 50.0 cm³/mol. The average molecular weight is 168 g/mol. The molecule has 1 heteroatoms. The summed E-state index contributed by atoms with van der Waals surface area (Å²) in [7, 11) is 0. The van der Waals surface area contributed by atoms with Gasteiger partial charge in [-0.2, -0.15) is 0 Å². The lowest BCUT2D eigenvalue weighted by atomic mass is 9.77. The molecule has 1 nitrogen and oxygen atoms in total. The normalized spacial score (nSPS) is 52.8. The van der Waals surface area contributed by atoms with Gasteiger partial charge in [0.05, 0.1) is 12.2 Å². The molecule has 2 saturated heterocycles. The molecule has 0 aliphatic carbocycles. The third-order valence-corrected chi connectivity index (χ3v) is 4.08. The van der Waals surface area contributed by atoms with E-state index in [1.54, 1.807) is 0 Å². The second-order valence-electron chi connectivity index (χ2n) is 4.58. The average Bonchev–Trinajstić information content (AvgIpc) is 2.48. The van der Waals surface area contributed by atoms with Crippen molar-refractivity contribution in [2.24, 2.45) is 17.8 Å². The Morgan fingerprint density at radius 1 is 1.08 bits per heavy atom. The van der Waals surface area contributed by atoms with Crippen molar-refractivity contribution in [3.05, 3.63) is 0 Å². The molecule has 12 heavy (non-hydrogen) atoms. The van der Waals surface area contributed by atoms with Crippen molar-refractivity contribution in [1.82, 2.24) is 0 Å². The highest BCUT2D eigenvalue weighted by Crippen LogP contribution is 2.44. The van der Waals surface area contributed by atoms with Crippen LogP contribution in [-0.2, 0) is 4.74 Å². The molecule has 0 amide bonds. The summed E-state index contributed by atoms with van der Waals surface area (Å²) in [5.74, 6) is 2.50. The van der Waals surface area contributed by atoms with Gasteiger partial charge in [0.2, 0.25) is 0 Å². The molecule has 2 fully saturated rings. The van der Waals surface area contributed by atoms with Gasteiger partial charge in [0.15, 0.2) is 0 Å². The molecular formula is C11H20O. The molecule has 5 atom stereocenters. The van der Waals surface area contributed by atoms with Crippen LogP contribution in [0.15, 0.2) is 0 Å². The lowest BCUT2D eigenvalue weighted by Crippen LogP contribution is -2.39. The molecule has 0 aromatic rings. The Labute approximate surface area is 75.5 Å². The van der Waals surface area contributed by atoms with E-state index in [9.17, 15) is 0 Å². The first-order valence-corrected chi connectivity index (χ1v) is 5.39. The van der Waals surface area contributed by atoms with Crippen LogP contribution in [0.3, 0.4) is 0 Å². The van der Waals surface area contributed by atoms with Gasteiger partial charge in [0.25, 0.3) is 0 Å². The molecule has 2 rings (SSSR count). The molecule has 0 saturated carbocycles. The lowest BCUT2D eigenvalue weighted by Gasteiger charge is -2.39. The highest BCUT2D eigenvalue weighted by atomic mass is 16.5. The Kier molecular flexibility index (Phi) is 2.16. The van der Waals surface area contributed by atoms with Crippen LogP contribution in [0.2, 0.25) is 0 Å². The third-order valence-electron chi connectivity index (χ3n) is 4.08. The number of hydrogen-bond donors (Lipinski definition) is 0. The maximum absolute atomic E-state index is 5.95. The minimum atomic E-state index is 0.594. The first-order valence-electron chi connectivity index (χ1n) is 5.39. The van der Waals surface area contributed by atoms with Gasteiger partial charge in [-0.05, 0) is 30.6 Å². The van der Waals surface area contributed by atoms with Gasteiger partial charge in [-0.1, -0.05) is 27.2 Å². The maximum atomic E-state index is 5.95. The summed E-state index contributed by atoms with van der Waals surface area (Å²) in [6.07, 6.45) is 5.14. The molecule has 0 aromatic heterocycles. The van der Waals surface area contributed by atoms with Gasteiger partial charge in [0, 0.05) is 0 Å². The minimum Gasteiger partial charge on any atom is -0.374 e. The van der Waals surface area contributed by atoms with Crippen molar-refractivity contribution >= 4 is 0 Å². The fraction of sp³-hybridized carbons (Fsp3) is 1.00. The highest BCUT2D eigenvalue weighted by molar-refractivity contribution is 4.92. The monoisotopic (exact) mass is 168 g/mol. The first kappa shape index (κ1) is 8.55. The zero-order valence-corrected chi connectivity index (χ0v) is 8.42. The van der Waals surface area contributed by atoms with Crippen molar-refractivity contribution in [3.63, 3.8) is 0 Å². The quantitative estimate of drug-likeness (QED) is 0.585. The summed E-state index contributed by atoms with van der Waals surface area (Å²) in [5, 5.41) is 0. The van der Waals surface area contributed by atoms with Gasteiger partial charge in [-0.15, -0.1) is 0 Å². The van der Waals surface area contributed by atoms with E-state index in [0.717, 1.165) is 17.8 Å². The summed E-state index contributed by atoms with van der Waals surface area (Å²) in [5.41, 5.74) is 0. The van der Waals surface area contributed by atoms with E-state index < -0.39 is 0 Å². The second kappa shape index (κ2) is 3.02. The Morgan fingerprint density at radius 2 is 1.58 bits per heavy atom. The number of ether oxygens (including phenoxy) is 1. The predicted octanol–water partition coefficient (Wildman–Crippen LogP) is 2.85. The summed E-state index contributed by atoms with van der Waals surface area (Å²) in [6.45, 7) is 7.07. The Bertz CT molecular complexity index is 150. The molecule has 0 spiro atoms. The Morgan fingerprint density at radius 3 is 2.00 bits per heavy atom. The zero-order chi connectivity index (χ0) is 8.72. The molecule has 0 N–H and O–H groups in total. The molecule has 1 unspecified atom stereocenters. The summed E-state index contributed by atoms with van der Waals surface area (Å²) >= 11 is 0. The van der Waals surface area contributed by atoms with Gasteiger partial charge < -0.3 is 4.74 Å². The molecule has 0 aromatic carbocycles. The van der Waals surface area contributed by atoms with Gasteiger partial charge in [-0.25, -0.2) is 0 Å². The highest BCUT2D eigenvalue weighted by Gasteiger charge is 2.44. The Balaban J connectivity index is 2.14. The summed E-state index contributed by atoms with van der Waals surface area (Å²) in [6, 6.07) is 0. The maximum Gasteiger partial charge on any atom is 0.0608 e. The number of rotatable bonds is 1. The van der Waals surface area contributed by atoms with Gasteiger partial charge in [0.1, 0.15) is 0 Å². The van der Waals surface area contributed by atoms with Crippen LogP contribution in [0.4, 0.5) is 0 Å². The first-order chi connectivity index (χ1) is 5.74. The molecule has 2 aliphatic heterocycles. The smallest absolute Gasteiger partial charge is 0.0608 e. The standard InChI is InChI=1S/C11H20O/c1-4-9-7(2)10-5-6-11(12-10)8(9)3/h7-11H,4-6H2,1-3H3/t7-,8+,9?,10-,11+. The minimum absolute atomic E-state index is 0.594. The van der Waals surface area contributed by atoms with E-state index in [-0.39, 0.29) is 0 Å². The molecule has 0 radical (unpaired) electrons. The van der Waals surface area contributed by atoms with Crippen molar-refractivity contribution in [2.45, 2.75) is 52.2 Å². The Hall–Kier alpha value is -0.0400. The summed E-state index contributed by atoms with van der Waals surface area (Å²) < 4.78 is 5.95.